The van der Waals surface area contributed by atoms with E-state index in [9.17, 15) is 8.78 Å². The lowest BCUT2D eigenvalue weighted by atomic mass is 10.1. The molecule has 0 atom stereocenters. The normalized spacial score (nSPS) is 10.7. The number of hydrogen-bond acceptors (Lipinski definition) is 2. The Morgan fingerprint density at radius 3 is 2.48 bits per heavy atom. The summed E-state index contributed by atoms with van der Waals surface area (Å²) in [6, 6.07) is 12.6. The molecule has 2 aromatic rings. The molecular formula is C16H16ClF2NO. The first-order valence-electron chi connectivity index (χ1n) is 6.64. The van der Waals surface area contributed by atoms with Crippen molar-refractivity contribution >= 4 is 17.3 Å². The van der Waals surface area contributed by atoms with Gasteiger partial charge in [-0.2, -0.15) is 8.78 Å². The fraction of sp³-hybridized carbons (Fsp3) is 0.250. The monoisotopic (exact) mass is 311 g/mol. The van der Waals surface area contributed by atoms with Crippen molar-refractivity contribution in [2.75, 3.05) is 5.32 Å². The van der Waals surface area contributed by atoms with Gasteiger partial charge in [0.25, 0.3) is 0 Å². The summed E-state index contributed by atoms with van der Waals surface area (Å²) in [6.45, 7) is -0.412. The van der Waals surface area contributed by atoms with E-state index in [2.05, 4.69) is 17.0 Å². The van der Waals surface area contributed by atoms with Crippen molar-refractivity contribution in [3.8, 4) is 5.75 Å². The van der Waals surface area contributed by atoms with Crippen molar-refractivity contribution in [1.82, 2.24) is 0 Å². The van der Waals surface area contributed by atoms with Crippen LogP contribution >= 0.6 is 11.6 Å². The number of rotatable bonds is 6. The standard InChI is InChI=1S/C16H16ClF2NO/c1-2-11-3-6-14(7-4-11)20-10-12-9-13(17)5-8-15(12)21-16(18)19/h3-9,16,20H,2,10H2,1H3. The van der Waals surface area contributed by atoms with Crippen LogP contribution < -0.4 is 10.1 Å². The molecule has 0 aliphatic rings. The summed E-state index contributed by atoms with van der Waals surface area (Å²) in [7, 11) is 0. The van der Waals surface area contributed by atoms with Crippen molar-refractivity contribution in [1.29, 1.82) is 0 Å². The van der Waals surface area contributed by atoms with E-state index in [1.807, 2.05) is 24.3 Å². The van der Waals surface area contributed by atoms with E-state index >= 15 is 0 Å². The number of halogens is 3. The Hall–Kier alpha value is -1.81. The van der Waals surface area contributed by atoms with Crippen LogP contribution in [0.15, 0.2) is 42.5 Å². The number of alkyl halides is 2. The molecule has 21 heavy (non-hydrogen) atoms. The molecule has 0 bridgehead atoms. The van der Waals surface area contributed by atoms with Crippen molar-refractivity contribution in [3.05, 3.63) is 58.6 Å². The van der Waals surface area contributed by atoms with Gasteiger partial charge in [0.05, 0.1) is 0 Å². The van der Waals surface area contributed by atoms with Gasteiger partial charge in [-0.3, -0.25) is 0 Å². The van der Waals surface area contributed by atoms with Gasteiger partial charge in [-0.05, 0) is 42.3 Å². The van der Waals surface area contributed by atoms with E-state index in [0.29, 0.717) is 17.1 Å². The lowest BCUT2D eigenvalue weighted by molar-refractivity contribution is -0.0504. The van der Waals surface area contributed by atoms with Crippen molar-refractivity contribution < 1.29 is 13.5 Å². The molecule has 5 heteroatoms. The van der Waals surface area contributed by atoms with Crippen molar-refractivity contribution in [3.63, 3.8) is 0 Å². The maximum Gasteiger partial charge on any atom is 0.387 e. The highest BCUT2D eigenvalue weighted by Gasteiger charge is 2.10. The first-order valence-corrected chi connectivity index (χ1v) is 7.02. The predicted octanol–water partition coefficient (Wildman–Crippen LogP) is 5.12. The molecular weight excluding hydrogens is 296 g/mol. The van der Waals surface area contributed by atoms with E-state index in [1.165, 1.54) is 17.7 Å². The number of aryl methyl sites for hydroxylation is 1. The van der Waals surface area contributed by atoms with Crippen molar-refractivity contribution in [2.45, 2.75) is 26.5 Å². The predicted molar refractivity (Wildman–Crippen MR) is 81.2 cm³/mol. The maximum atomic E-state index is 12.4. The van der Waals surface area contributed by atoms with Crippen LogP contribution in [0.2, 0.25) is 5.02 Å². The fourth-order valence-corrected chi connectivity index (χ4v) is 2.15. The molecule has 0 heterocycles. The second-order valence-corrected chi connectivity index (χ2v) is 4.97. The molecule has 0 unspecified atom stereocenters. The zero-order valence-corrected chi connectivity index (χ0v) is 12.3. The minimum Gasteiger partial charge on any atom is -0.434 e. The Kier molecular flexibility index (Phi) is 5.39. The summed E-state index contributed by atoms with van der Waals surface area (Å²) >= 11 is 5.90. The summed E-state index contributed by atoms with van der Waals surface area (Å²) in [5.41, 5.74) is 2.74. The van der Waals surface area contributed by atoms with Gasteiger partial charge in [0.2, 0.25) is 0 Å². The van der Waals surface area contributed by atoms with Gasteiger partial charge < -0.3 is 10.1 Å². The minimum atomic E-state index is -2.85. The highest BCUT2D eigenvalue weighted by Crippen LogP contribution is 2.25. The van der Waals surface area contributed by atoms with Crippen LogP contribution in [-0.4, -0.2) is 6.61 Å². The lowest BCUT2D eigenvalue weighted by Gasteiger charge is -2.13. The average Bonchev–Trinajstić information content (AvgIpc) is 2.47. The highest BCUT2D eigenvalue weighted by atomic mass is 35.5. The second kappa shape index (κ2) is 7.27. The van der Waals surface area contributed by atoms with Crippen LogP contribution in [-0.2, 0) is 13.0 Å². The second-order valence-electron chi connectivity index (χ2n) is 4.53. The van der Waals surface area contributed by atoms with Crippen LogP contribution in [0.5, 0.6) is 5.75 Å². The first kappa shape index (κ1) is 15.6. The zero-order valence-electron chi connectivity index (χ0n) is 11.6. The van der Waals surface area contributed by atoms with Gasteiger partial charge in [0.15, 0.2) is 0 Å². The third-order valence-corrected chi connectivity index (χ3v) is 3.32. The fourth-order valence-electron chi connectivity index (χ4n) is 1.95. The Labute approximate surface area is 127 Å². The molecule has 1 N–H and O–H groups in total. The molecule has 2 rings (SSSR count). The summed E-state index contributed by atoms with van der Waals surface area (Å²) in [6.07, 6.45) is 0.973. The number of ether oxygens (including phenoxy) is 1. The van der Waals surface area contributed by atoms with E-state index in [1.54, 1.807) is 6.07 Å². The Morgan fingerprint density at radius 1 is 1.14 bits per heavy atom. The van der Waals surface area contributed by atoms with E-state index in [-0.39, 0.29) is 5.75 Å². The third kappa shape index (κ3) is 4.60. The van der Waals surface area contributed by atoms with Gasteiger partial charge in [-0.1, -0.05) is 30.7 Å². The summed E-state index contributed by atoms with van der Waals surface area (Å²) < 4.78 is 29.2. The molecule has 2 nitrogen and oxygen atoms in total. The van der Waals surface area contributed by atoms with Gasteiger partial charge in [-0.15, -0.1) is 0 Å². The van der Waals surface area contributed by atoms with Gasteiger partial charge >= 0.3 is 6.61 Å². The summed E-state index contributed by atoms with van der Waals surface area (Å²) in [4.78, 5) is 0. The quantitative estimate of drug-likeness (QED) is 0.800. The Bertz CT molecular complexity index is 587. The molecule has 0 aromatic heterocycles. The van der Waals surface area contributed by atoms with E-state index < -0.39 is 6.61 Å². The molecule has 0 amide bonds. The van der Waals surface area contributed by atoms with Gasteiger partial charge in [0, 0.05) is 22.8 Å². The third-order valence-electron chi connectivity index (χ3n) is 3.08. The number of hydrogen-bond donors (Lipinski definition) is 1. The van der Waals surface area contributed by atoms with Crippen molar-refractivity contribution in [2.24, 2.45) is 0 Å². The average molecular weight is 312 g/mol. The summed E-state index contributed by atoms with van der Waals surface area (Å²) in [5.74, 6) is 0.132. The number of benzene rings is 2. The SMILES string of the molecule is CCc1ccc(NCc2cc(Cl)ccc2OC(F)F)cc1. The summed E-state index contributed by atoms with van der Waals surface area (Å²) in [5, 5.41) is 3.65. The van der Waals surface area contributed by atoms with Crippen LogP contribution in [0.1, 0.15) is 18.1 Å². The maximum absolute atomic E-state index is 12.4. The molecule has 0 radical (unpaired) electrons. The largest absolute Gasteiger partial charge is 0.434 e. The van der Waals surface area contributed by atoms with Crippen LogP contribution in [0, 0.1) is 0 Å². The Balaban J connectivity index is 2.08. The zero-order chi connectivity index (χ0) is 15.2. The smallest absolute Gasteiger partial charge is 0.387 e. The lowest BCUT2D eigenvalue weighted by Crippen LogP contribution is -2.07. The molecule has 0 spiro atoms. The molecule has 0 aliphatic carbocycles. The van der Waals surface area contributed by atoms with Crippen LogP contribution in [0.4, 0.5) is 14.5 Å². The number of nitrogens with one attached hydrogen (secondary N) is 1. The van der Waals surface area contributed by atoms with Crippen LogP contribution in [0.3, 0.4) is 0 Å². The molecule has 0 fully saturated rings. The van der Waals surface area contributed by atoms with E-state index in [0.717, 1.165) is 12.1 Å². The Morgan fingerprint density at radius 2 is 1.86 bits per heavy atom. The minimum absolute atomic E-state index is 0.132. The molecule has 2 aromatic carbocycles. The molecule has 0 saturated heterocycles. The van der Waals surface area contributed by atoms with Gasteiger partial charge in [0.1, 0.15) is 5.75 Å². The van der Waals surface area contributed by atoms with Gasteiger partial charge in [-0.25, -0.2) is 0 Å². The number of anilines is 1. The molecule has 0 aliphatic heterocycles. The topological polar surface area (TPSA) is 21.3 Å². The highest BCUT2D eigenvalue weighted by molar-refractivity contribution is 6.30. The molecule has 112 valence electrons. The first-order chi connectivity index (χ1) is 10.1. The van der Waals surface area contributed by atoms with Crippen LogP contribution in [0.25, 0.3) is 0 Å². The van der Waals surface area contributed by atoms with E-state index in [4.69, 9.17) is 11.6 Å². The molecule has 0 saturated carbocycles.